The fourth-order valence-corrected chi connectivity index (χ4v) is 2.72. The molecule has 164 valence electrons. The van der Waals surface area contributed by atoms with Crippen LogP contribution in [0.2, 0.25) is 0 Å². The van der Waals surface area contributed by atoms with Gasteiger partial charge in [0.25, 0.3) is 6.47 Å². The van der Waals surface area contributed by atoms with Crippen molar-refractivity contribution in [2.75, 3.05) is 5.32 Å². The number of H-pyrrole nitrogens is 1. The maximum atomic E-state index is 13.0. The number of carbonyl (C=O) groups excluding carboxylic acids is 1. The van der Waals surface area contributed by atoms with Crippen LogP contribution in [0, 0.1) is 5.82 Å². The SMILES string of the molecule is O=C(CCCc1nc(-c2cccnc2)no1)Nc1ncc(-c2ccc(F)cc2)[nH]1.O=CO. The minimum atomic E-state index is -0.310. The lowest BCUT2D eigenvalue weighted by atomic mass is 10.2. The molecule has 0 aliphatic carbocycles. The van der Waals surface area contributed by atoms with Gasteiger partial charge in [-0.1, -0.05) is 5.16 Å². The number of nitrogens with zero attached hydrogens (tertiary/aromatic N) is 4. The van der Waals surface area contributed by atoms with Crippen LogP contribution in [-0.4, -0.2) is 42.6 Å². The Morgan fingerprint density at radius 2 is 1.97 bits per heavy atom. The van der Waals surface area contributed by atoms with Gasteiger partial charge in [0.05, 0.1) is 11.9 Å². The second kappa shape index (κ2) is 11.1. The van der Waals surface area contributed by atoms with Gasteiger partial charge in [-0.05, 0) is 48.4 Å². The topological polar surface area (TPSA) is 147 Å². The van der Waals surface area contributed by atoms with E-state index >= 15 is 0 Å². The molecule has 0 fully saturated rings. The van der Waals surface area contributed by atoms with E-state index in [4.69, 9.17) is 14.4 Å². The van der Waals surface area contributed by atoms with E-state index in [1.807, 2.05) is 6.07 Å². The van der Waals surface area contributed by atoms with E-state index in [-0.39, 0.29) is 24.6 Å². The number of nitrogens with one attached hydrogen (secondary N) is 2. The summed E-state index contributed by atoms with van der Waals surface area (Å²) in [5.74, 6) is 0.785. The molecule has 4 aromatic rings. The van der Waals surface area contributed by atoms with E-state index in [1.54, 1.807) is 36.8 Å². The lowest BCUT2D eigenvalue weighted by molar-refractivity contribution is -0.123. The summed E-state index contributed by atoms with van der Waals surface area (Å²) >= 11 is 0. The second-order valence-corrected chi connectivity index (χ2v) is 6.41. The minimum absolute atomic E-state index is 0.183. The number of hydrogen-bond acceptors (Lipinski definition) is 7. The maximum Gasteiger partial charge on any atom is 0.290 e. The summed E-state index contributed by atoms with van der Waals surface area (Å²) in [4.78, 5) is 35.9. The molecule has 3 aromatic heterocycles. The monoisotopic (exact) mass is 438 g/mol. The van der Waals surface area contributed by atoms with E-state index in [0.29, 0.717) is 36.2 Å². The first-order valence-corrected chi connectivity index (χ1v) is 9.50. The highest BCUT2D eigenvalue weighted by Gasteiger charge is 2.11. The van der Waals surface area contributed by atoms with E-state index < -0.39 is 0 Å². The first kappa shape index (κ1) is 22.3. The van der Waals surface area contributed by atoms with Gasteiger partial charge in [0, 0.05) is 30.8 Å². The van der Waals surface area contributed by atoms with Gasteiger partial charge >= 0.3 is 0 Å². The van der Waals surface area contributed by atoms with Crippen LogP contribution in [0.25, 0.3) is 22.6 Å². The molecule has 0 aliphatic rings. The molecule has 0 bridgehead atoms. The zero-order valence-electron chi connectivity index (χ0n) is 16.7. The van der Waals surface area contributed by atoms with Crippen LogP contribution in [0.1, 0.15) is 18.7 Å². The number of carboxylic acid groups (broad SMARTS) is 1. The molecule has 1 aromatic carbocycles. The number of aromatic nitrogens is 5. The number of pyridine rings is 1. The van der Waals surface area contributed by atoms with Crippen LogP contribution < -0.4 is 5.32 Å². The highest BCUT2D eigenvalue weighted by Crippen LogP contribution is 2.19. The molecule has 32 heavy (non-hydrogen) atoms. The molecule has 0 atom stereocenters. The number of imidazole rings is 1. The van der Waals surface area contributed by atoms with Crippen molar-refractivity contribution in [3.63, 3.8) is 0 Å². The Morgan fingerprint density at radius 1 is 1.19 bits per heavy atom. The highest BCUT2D eigenvalue weighted by molar-refractivity contribution is 5.89. The molecule has 0 unspecified atom stereocenters. The third kappa shape index (κ3) is 6.29. The van der Waals surface area contributed by atoms with Gasteiger partial charge in [-0.3, -0.25) is 19.9 Å². The minimum Gasteiger partial charge on any atom is -0.483 e. The van der Waals surface area contributed by atoms with E-state index in [9.17, 15) is 9.18 Å². The molecule has 0 saturated heterocycles. The molecule has 11 heteroatoms. The Balaban J connectivity index is 0.000000913. The van der Waals surface area contributed by atoms with E-state index in [2.05, 4.69) is 30.4 Å². The molecule has 0 aliphatic heterocycles. The van der Waals surface area contributed by atoms with Crippen LogP contribution >= 0.6 is 0 Å². The quantitative estimate of drug-likeness (QED) is 0.372. The van der Waals surface area contributed by atoms with Crippen molar-refractivity contribution in [2.45, 2.75) is 19.3 Å². The number of carbonyl (C=O) groups is 2. The molecule has 0 spiro atoms. The fourth-order valence-electron chi connectivity index (χ4n) is 2.72. The number of anilines is 1. The van der Waals surface area contributed by atoms with E-state index in [0.717, 1.165) is 11.1 Å². The lowest BCUT2D eigenvalue weighted by Crippen LogP contribution is -2.12. The Bertz CT molecular complexity index is 1140. The zero-order valence-corrected chi connectivity index (χ0v) is 16.7. The van der Waals surface area contributed by atoms with Gasteiger partial charge in [-0.15, -0.1) is 0 Å². The number of hydrogen-bond donors (Lipinski definition) is 3. The Labute approximate surface area is 181 Å². The Morgan fingerprint density at radius 3 is 2.69 bits per heavy atom. The molecule has 3 heterocycles. The van der Waals surface area contributed by atoms with Crippen LogP contribution in [0.3, 0.4) is 0 Å². The normalized spacial score (nSPS) is 10.2. The van der Waals surface area contributed by atoms with Gasteiger partial charge in [0.15, 0.2) is 0 Å². The molecular formula is C21H19FN6O4. The van der Waals surface area contributed by atoms with E-state index in [1.165, 1.54) is 12.1 Å². The molecule has 10 nitrogen and oxygen atoms in total. The van der Waals surface area contributed by atoms with Crippen LogP contribution in [-0.2, 0) is 16.0 Å². The van der Waals surface area contributed by atoms with Gasteiger partial charge in [0.1, 0.15) is 5.82 Å². The van der Waals surface area contributed by atoms with Gasteiger partial charge in [-0.25, -0.2) is 9.37 Å². The summed E-state index contributed by atoms with van der Waals surface area (Å²) in [6.45, 7) is -0.250. The summed E-state index contributed by atoms with van der Waals surface area (Å²) in [5.41, 5.74) is 2.24. The standard InChI is InChI=1S/C20H17FN6O2.CH2O2/c21-15-8-6-13(7-9-15)16-12-23-20(24-16)25-17(28)4-1-5-18-26-19(27-29-18)14-3-2-10-22-11-14;2-1-3/h2-3,6-12H,1,4-5H2,(H2,23,24,25,28);1H,(H,2,3). The highest BCUT2D eigenvalue weighted by atomic mass is 19.1. The fraction of sp³-hybridized carbons (Fsp3) is 0.143. The van der Waals surface area contributed by atoms with Crippen LogP contribution in [0.5, 0.6) is 0 Å². The number of aryl methyl sites for hydroxylation is 1. The molecule has 1 amide bonds. The number of halogens is 1. The second-order valence-electron chi connectivity index (χ2n) is 6.41. The maximum absolute atomic E-state index is 13.0. The van der Waals surface area contributed by atoms with Crippen molar-refractivity contribution in [1.82, 2.24) is 25.1 Å². The summed E-state index contributed by atoms with van der Waals surface area (Å²) in [6.07, 6.45) is 6.22. The molecule has 0 radical (unpaired) electrons. The van der Waals surface area contributed by atoms with Crippen molar-refractivity contribution in [2.24, 2.45) is 0 Å². The average molecular weight is 438 g/mol. The number of aromatic amines is 1. The van der Waals surface area contributed by atoms with Crippen LogP contribution in [0.15, 0.2) is 59.5 Å². The third-order valence-corrected chi connectivity index (χ3v) is 4.17. The number of rotatable bonds is 7. The predicted molar refractivity (Wildman–Crippen MR) is 112 cm³/mol. The van der Waals surface area contributed by atoms with Gasteiger partial charge in [0.2, 0.25) is 23.6 Å². The zero-order chi connectivity index (χ0) is 22.8. The summed E-state index contributed by atoms with van der Waals surface area (Å²) in [7, 11) is 0. The Kier molecular flexibility index (Phi) is 7.73. The average Bonchev–Trinajstić information content (AvgIpc) is 3.45. The van der Waals surface area contributed by atoms with Crippen molar-refractivity contribution in [3.05, 3.63) is 66.7 Å². The van der Waals surface area contributed by atoms with Crippen molar-refractivity contribution in [3.8, 4) is 22.6 Å². The van der Waals surface area contributed by atoms with Gasteiger partial charge in [-0.2, -0.15) is 4.98 Å². The number of amides is 1. The summed E-state index contributed by atoms with van der Waals surface area (Å²) < 4.78 is 18.2. The Hall–Kier alpha value is -4.41. The number of benzene rings is 1. The first-order chi connectivity index (χ1) is 15.6. The van der Waals surface area contributed by atoms with Crippen molar-refractivity contribution in [1.29, 1.82) is 0 Å². The molecule has 3 N–H and O–H groups in total. The lowest BCUT2D eigenvalue weighted by Gasteiger charge is -2.01. The largest absolute Gasteiger partial charge is 0.483 e. The van der Waals surface area contributed by atoms with Gasteiger partial charge < -0.3 is 14.6 Å². The first-order valence-electron chi connectivity index (χ1n) is 9.50. The van der Waals surface area contributed by atoms with Crippen molar-refractivity contribution >= 4 is 18.3 Å². The smallest absolute Gasteiger partial charge is 0.290 e. The van der Waals surface area contributed by atoms with Crippen LogP contribution in [0.4, 0.5) is 10.3 Å². The summed E-state index contributed by atoms with van der Waals surface area (Å²) in [5, 5.41) is 13.5. The predicted octanol–water partition coefficient (Wildman–Crippen LogP) is 3.32. The molecular weight excluding hydrogens is 419 g/mol. The summed E-state index contributed by atoms with van der Waals surface area (Å²) in [6, 6.07) is 9.65. The molecule has 0 saturated carbocycles. The molecule has 4 rings (SSSR count). The third-order valence-electron chi connectivity index (χ3n) is 4.17. The van der Waals surface area contributed by atoms with Crippen molar-refractivity contribution < 1.29 is 23.6 Å².